The smallest absolute Gasteiger partial charge is 0.185 e. The Morgan fingerprint density at radius 3 is 2.18 bits per heavy atom. The average Bonchev–Trinajstić information content (AvgIpc) is 2.84. The molecule has 0 spiro atoms. The summed E-state index contributed by atoms with van der Waals surface area (Å²) in [6.07, 6.45) is 3.59. The zero-order valence-electron chi connectivity index (χ0n) is 18.7. The van der Waals surface area contributed by atoms with E-state index in [1.807, 2.05) is 18.2 Å². The second kappa shape index (κ2) is 10.9. The van der Waals surface area contributed by atoms with Crippen molar-refractivity contribution in [1.82, 2.24) is 0 Å². The molecule has 3 aromatic rings. The number of carbonyl (C=O) groups excluding carboxylic acids is 1. The summed E-state index contributed by atoms with van der Waals surface area (Å²) in [5.74, 6) is 1.60. The molecule has 0 aliphatic heterocycles. The van der Waals surface area contributed by atoms with E-state index in [9.17, 15) is 15.0 Å². The Morgan fingerprint density at radius 2 is 1.48 bits per heavy atom. The molecule has 3 rings (SSSR count). The van der Waals surface area contributed by atoms with Crippen molar-refractivity contribution in [1.29, 1.82) is 0 Å². The zero-order valence-corrected chi connectivity index (χ0v) is 18.7. The van der Waals surface area contributed by atoms with Crippen LogP contribution < -0.4 is 18.9 Å². The predicted molar refractivity (Wildman–Crippen MR) is 125 cm³/mol. The Morgan fingerprint density at radius 1 is 0.788 bits per heavy atom. The van der Waals surface area contributed by atoms with Crippen LogP contribution in [0.1, 0.15) is 21.5 Å². The van der Waals surface area contributed by atoms with Gasteiger partial charge in [0, 0.05) is 12.0 Å². The molecule has 0 heterocycles. The number of phenolic OH excluding ortho intramolecular Hbond substituents is 2. The Balaban J connectivity index is 1.64. The van der Waals surface area contributed by atoms with E-state index < -0.39 is 0 Å². The molecular formula is C26H26O7. The van der Waals surface area contributed by atoms with Crippen molar-refractivity contribution in [2.24, 2.45) is 0 Å². The van der Waals surface area contributed by atoms with Crippen LogP contribution in [0.4, 0.5) is 0 Å². The molecule has 7 nitrogen and oxygen atoms in total. The highest BCUT2D eigenvalue weighted by Crippen LogP contribution is 2.30. The highest BCUT2D eigenvalue weighted by molar-refractivity contribution is 6.07. The fraction of sp³-hybridized carbons (Fsp3) is 0.192. The molecule has 3 aromatic carbocycles. The second-order valence-corrected chi connectivity index (χ2v) is 7.10. The van der Waals surface area contributed by atoms with E-state index in [1.54, 1.807) is 44.6 Å². The third-order valence-electron chi connectivity index (χ3n) is 4.97. The predicted octanol–water partition coefficient (Wildman–Crippen LogP) is 4.64. The summed E-state index contributed by atoms with van der Waals surface area (Å²) in [5.41, 5.74) is 2.04. The van der Waals surface area contributed by atoms with Crippen LogP contribution in [0.2, 0.25) is 0 Å². The molecular weight excluding hydrogens is 424 g/mol. The van der Waals surface area contributed by atoms with Crippen LogP contribution in [0.3, 0.4) is 0 Å². The summed E-state index contributed by atoms with van der Waals surface area (Å²) in [5, 5.41) is 18.9. The van der Waals surface area contributed by atoms with Gasteiger partial charge in [-0.15, -0.1) is 0 Å². The van der Waals surface area contributed by atoms with Gasteiger partial charge in [-0.25, -0.2) is 0 Å². The Bertz CT molecular complexity index is 1150. The number of ether oxygens (including phenoxy) is 4. The Labute approximate surface area is 192 Å². The van der Waals surface area contributed by atoms with Crippen LogP contribution in [0, 0.1) is 0 Å². The van der Waals surface area contributed by atoms with Crippen molar-refractivity contribution < 1.29 is 34.0 Å². The number of hydrogen-bond donors (Lipinski definition) is 2. The van der Waals surface area contributed by atoms with Gasteiger partial charge >= 0.3 is 0 Å². The van der Waals surface area contributed by atoms with Gasteiger partial charge in [0.25, 0.3) is 0 Å². The first-order valence-corrected chi connectivity index (χ1v) is 10.2. The SMILES string of the molecule is COc1ccc(CCOc2ccc(C(=O)/C=C/c3ccc(O)c(O)c3)cc2OC)cc1OC. The fourth-order valence-corrected chi connectivity index (χ4v) is 3.17. The molecule has 0 atom stereocenters. The maximum atomic E-state index is 12.5. The van der Waals surface area contributed by atoms with Crippen molar-refractivity contribution in [2.75, 3.05) is 27.9 Å². The van der Waals surface area contributed by atoms with E-state index in [4.69, 9.17) is 18.9 Å². The van der Waals surface area contributed by atoms with E-state index in [2.05, 4.69) is 0 Å². The zero-order chi connectivity index (χ0) is 23.8. The normalized spacial score (nSPS) is 10.8. The van der Waals surface area contributed by atoms with Gasteiger partial charge in [0.1, 0.15) is 0 Å². The minimum atomic E-state index is -0.249. The van der Waals surface area contributed by atoms with Gasteiger partial charge < -0.3 is 29.2 Å². The highest BCUT2D eigenvalue weighted by atomic mass is 16.5. The van der Waals surface area contributed by atoms with Crippen molar-refractivity contribution in [3.05, 3.63) is 77.4 Å². The second-order valence-electron chi connectivity index (χ2n) is 7.10. The third kappa shape index (κ3) is 5.98. The van der Waals surface area contributed by atoms with Gasteiger partial charge in [-0.1, -0.05) is 18.2 Å². The van der Waals surface area contributed by atoms with Crippen LogP contribution >= 0.6 is 0 Å². The van der Waals surface area contributed by atoms with Gasteiger partial charge in [-0.3, -0.25) is 4.79 Å². The number of phenols is 2. The van der Waals surface area contributed by atoms with Gasteiger partial charge in [0.05, 0.1) is 27.9 Å². The molecule has 0 saturated heterocycles. The first kappa shape index (κ1) is 23.5. The van der Waals surface area contributed by atoms with E-state index >= 15 is 0 Å². The molecule has 0 aliphatic rings. The van der Waals surface area contributed by atoms with Crippen LogP contribution in [-0.2, 0) is 6.42 Å². The lowest BCUT2D eigenvalue weighted by molar-refractivity contribution is 0.104. The summed E-state index contributed by atoms with van der Waals surface area (Å²) in [7, 11) is 4.70. The van der Waals surface area contributed by atoms with Crippen LogP contribution in [-0.4, -0.2) is 43.9 Å². The molecule has 0 aromatic heterocycles. The van der Waals surface area contributed by atoms with E-state index in [0.717, 1.165) is 5.56 Å². The molecule has 0 bridgehead atoms. The van der Waals surface area contributed by atoms with Crippen molar-refractivity contribution in [2.45, 2.75) is 6.42 Å². The maximum Gasteiger partial charge on any atom is 0.185 e. The van der Waals surface area contributed by atoms with E-state index in [-0.39, 0.29) is 17.3 Å². The fourth-order valence-electron chi connectivity index (χ4n) is 3.17. The number of methoxy groups -OCH3 is 3. The van der Waals surface area contributed by atoms with Gasteiger partial charge in [-0.2, -0.15) is 0 Å². The lowest BCUT2D eigenvalue weighted by Gasteiger charge is -2.13. The maximum absolute atomic E-state index is 12.5. The molecule has 33 heavy (non-hydrogen) atoms. The number of aromatic hydroxyl groups is 2. The number of carbonyl (C=O) groups is 1. The molecule has 172 valence electrons. The monoisotopic (exact) mass is 450 g/mol. The van der Waals surface area contributed by atoms with Crippen LogP contribution in [0.25, 0.3) is 6.08 Å². The molecule has 0 saturated carbocycles. The first-order valence-electron chi connectivity index (χ1n) is 10.2. The highest BCUT2D eigenvalue weighted by Gasteiger charge is 2.11. The van der Waals surface area contributed by atoms with Gasteiger partial charge in [0.2, 0.25) is 0 Å². The molecule has 7 heteroatoms. The van der Waals surface area contributed by atoms with Crippen LogP contribution in [0.5, 0.6) is 34.5 Å². The van der Waals surface area contributed by atoms with Crippen molar-refractivity contribution in [3.63, 3.8) is 0 Å². The number of rotatable bonds is 10. The standard InChI is InChI=1S/C26H26O7/c1-30-23-10-6-18(15-25(23)31-2)12-13-33-24-11-7-19(16-26(24)32-3)20(27)8-4-17-5-9-21(28)22(29)14-17/h4-11,14-16,28-29H,12-13H2,1-3H3/b8-4+. The number of ketones is 1. The molecule has 0 unspecified atom stereocenters. The summed E-state index contributed by atoms with van der Waals surface area (Å²) in [4.78, 5) is 12.5. The topological polar surface area (TPSA) is 94.5 Å². The van der Waals surface area contributed by atoms with Crippen LogP contribution in [0.15, 0.2) is 60.7 Å². The summed E-state index contributed by atoms with van der Waals surface area (Å²) in [6, 6.07) is 15.0. The molecule has 0 fully saturated rings. The lowest BCUT2D eigenvalue weighted by atomic mass is 10.1. The summed E-state index contributed by atoms with van der Waals surface area (Å²) in [6.45, 7) is 0.406. The number of hydrogen-bond acceptors (Lipinski definition) is 7. The Kier molecular flexibility index (Phi) is 7.81. The minimum absolute atomic E-state index is 0.218. The molecule has 0 radical (unpaired) electrons. The van der Waals surface area contributed by atoms with Gasteiger partial charge in [-0.05, 0) is 59.7 Å². The van der Waals surface area contributed by atoms with Crippen molar-refractivity contribution >= 4 is 11.9 Å². The first-order chi connectivity index (χ1) is 15.9. The van der Waals surface area contributed by atoms with E-state index in [0.29, 0.717) is 47.2 Å². The lowest BCUT2D eigenvalue weighted by Crippen LogP contribution is -2.04. The summed E-state index contributed by atoms with van der Waals surface area (Å²) >= 11 is 0. The largest absolute Gasteiger partial charge is 0.504 e. The molecule has 0 aliphatic carbocycles. The molecule has 0 amide bonds. The average molecular weight is 450 g/mol. The van der Waals surface area contributed by atoms with Crippen molar-refractivity contribution in [3.8, 4) is 34.5 Å². The third-order valence-corrected chi connectivity index (χ3v) is 4.97. The Hall–Kier alpha value is -4.13. The number of allylic oxidation sites excluding steroid dienone is 1. The quantitative estimate of drug-likeness (QED) is 0.264. The number of benzene rings is 3. The summed E-state index contributed by atoms with van der Waals surface area (Å²) < 4.78 is 21.8. The minimum Gasteiger partial charge on any atom is -0.504 e. The molecule has 2 N–H and O–H groups in total. The van der Waals surface area contributed by atoms with E-state index in [1.165, 1.54) is 25.3 Å². The van der Waals surface area contributed by atoms with Gasteiger partial charge in [0.15, 0.2) is 40.3 Å².